The quantitative estimate of drug-likeness (QED) is 0.626. The van der Waals surface area contributed by atoms with Gasteiger partial charge >= 0.3 is 6.09 Å². The van der Waals surface area contributed by atoms with Crippen LogP contribution in [0.25, 0.3) is 0 Å². The number of amides is 1. The molecule has 2 aromatic carbocycles. The smallest absolute Gasteiger partial charge is 0.409 e. The van der Waals surface area contributed by atoms with Gasteiger partial charge in [0.1, 0.15) is 5.60 Å². The number of aliphatic hydroxyl groups is 1. The van der Waals surface area contributed by atoms with Gasteiger partial charge < -0.3 is 14.7 Å². The van der Waals surface area contributed by atoms with E-state index < -0.39 is 5.60 Å². The fraction of sp³-hybridized carbons (Fsp3) is 0.552. The lowest BCUT2D eigenvalue weighted by Crippen LogP contribution is -2.53. The molecule has 1 aliphatic heterocycles. The summed E-state index contributed by atoms with van der Waals surface area (Å²) in [7, 11) is 0. The zero-order chi connectivity index (χ0) is 23.1. The lowest BCUT2D eigenvalue weighted by Gasteiger charge is -2.60. The lowest BCUT2D eigenvalue weighted by molar-refractivity contribution is -0.118. The summed E-state index contributed by atoms with van der Waals surface area (Å²) in [6.45, 7) is 6.55. The normalized spacial score (nSPS) is 27.0. The van der Waals surface area contributed by atoms with E-state index in [4.69, 9.17) is 4.74 Å². The van der Waals surface area contributed by atoms with Gasteiger partial charge in [0.15, 0.2) is 0 Å². The van der Waals surface area contributed by atoms with Gasteiger partial charge in [0.25, 0.3) is 0 Å². The van der Waals surface area contributed by atoms with E-state index in [9.17, 15) is 9.90 Å². The Balaban J connectivity index is 1.22. The molecule has 3 aliphatic carbocycles. The number of hydrogen-bond donors (Lipinski definition) is 1. The van der Waals surface area contributed by atoms with Crippen molar-refractivity contribution < 1.29 is 14.6 Å². The van der Waals surface area contributed by atoms with Crippen LogP contribution in [-0.2, 0) is 10.3 Å². The fourth-order valence-corrected chi connectivity index (χ4v) is 6.93. The summed E-state index contributed by atoms with van der Waals surface area (Å²) >= 11 is 0. The van der Waals surface area contributed by atoms with Crippen molar-refractivity contribution in [2.45, 2.75) is 51.6 Å². The number of carbonyl (C=O) groups excluding carboxylic acids is 1. The van der Waals surface area contributed by atoms with E-state index in [0.29, 0.717) is 36.9 Å². The van der Waals surface area contributed by atoms with Gasteiger partial charge in [-0.25, -0.2) is 4.79 Å². The Kier molecular flexibility index (Phi) is 5.98. The average Bonchev–Trinajstić information content (AvgIpc) is 2.88. The van der Waals surface area contributed by atoms with Crippen molar-refractivity contribution in [3.8, 4) is 0 Å². The molecule has 3 atom stereocenters. The Labute approximate surface area is 198 Å². The molecule has 4 fully saturated rings. The molecule has 0 aromatic heterocycles. The molecule has 0 radical (unpaired) electrons. The van der Waals surface area contributed by atoms with Crippen molar-refractivity contribution in [2.24, 2.45) is 29.1 Å². The highest BCUT2D eigenvalue weighted by atomic mass is 16.6. The summed E-state index contributed by atoms with van der Waals surface area (Å²) in [5.74, 6) is 2.10. The highest BCUT2D eigenvalue weighted by Crippen LogP contribution is 2.61. The molecule has 0 spiro atoms. The van der Waals surface area contributed by atoms with E-state index in [1.54, 1.807) is 0 Å². The van der Waals surface area contributed by atoms with Crippen molar-refractivity contribution in [1.82, 2.24) is 4.90 Å². The largest absolute Gasteiger partial charge is 0.449 e. The van der Waals surface area contributed by atoms with Gasteiger partial charge in [-0.15, -0.1) is 0 Å². The van der Waals surface area contributed by atoms with E-state index in [1.807, 2.05) is 65.6 Å². The van der Waals surface area contributed by atoms with Crippen molar-refractivity contribution in [3.05, 3.63) is 71.8 Å². The van der Waals surface area contributed by atoms with Crippen LogP contribution in [0.5, 0.6) is 0 Å². The highest BCUT2D eigenvalue weighted by Gasteiger charge is 2.54. The molecule has 1 saturated heterocycles. The Morgan fingerprint density at radius 3 is 2.06 bits per heavy atom. The zero-order valence-electron chi connectivity index (χ0n) is 20.0. The lowest BCUT2D eigenvalue weighted by atomic mass is 9.46. The minimum atomic E-state index is -1.06. The van der Waals surface area contributed by atoms with Crippen LogP contribution in [0.3, 0.4) is 0 Å². The molecule has 3 unspecified atom stereocenters. The highest BCUT2D eigenvalue weighted by molar-refractivity contribution is 5.67. The maximum Gasteiger partial charge on any atom is 0.409 e. The molecule has 1 heterocycles. The van der Waals surface area contributed by atoms with E-state index in [1.165, 1.54) is 19.3 Å². The molecule has 176 valence electrons. The summed E-state index contributed by atoms with van der Waals surface area (Å²) in [6.07, 6.45) is 5.07. The van der Waals surface area contributed by atoms with Crippen molar-refractivity contribution in [1.29, 1.82) is 0 Å². The standard InChI is InChI=1S/C29H37NO3/c1-28(2)25-14-13-21(26(28)19-25)20-33-27(31)30-17-15-24(16-18-30)29(32,22-9-5-3-6-10-22)23-11-7-4-8-12-23/h3-12,21,24-26,32H,13-20H2,1-2H3. The number of fused-ring (bicyclic) bond motifs is 2. The molecule has 4 nitrogen and oxygen atoms in total. The Bertz CT molecular complexity index is 908. The summed E-state index contributed by atoms with van der Waals surface area (Å²) in [4.78, 5) is 14.7. The summed E-state index contributed by atoms with van der Waals surface area (Å²) in [5.41, 5.74) is 1.17. The number of benzene rings is 2. The van der Waals surface area contributed by atoms with Gasteiger partial charge in [0.05, 0.1) is 6.61 Å². The molecule has 33 heavy (non-hydrogen) atoms. The van der Waals surface area contributed by atoms with E-state index in [2.05, 4.69) is 13.8 Å². The zero-order valence-corrected chi connectivity index (χ0v) is 20.0. The Morgan fingerprint density at radius 1 is 0.970 bits per heavy atom. The summed E-state index contributed by atoms with van der Waals surface area (Å²) < 4.78 is 5.82. The van der Waals surface area contributed by atoms with Crippen molar-refractivity contribution in [3.63, 3.8) is 0 Å². The van der Waals surface area contributed by atoms with Crippen LogP contribution in [-0.4, -0.2) is 35.8 Å². The average molecular weight is 448 g/mol. The minimum Gasteiger partial charge on any atom is -0.449 e. The van der Waals surface area contributed by atoms with Gasteiger partial charge in [-0.1, -0.05) is 74.5 Å². The van der Waals surface area contributed by atoms with E-state index in [0.717, 1.165) is 29.9 Å². The van der Waals surface area contributed by atoms with Crippen LogP contribution in [0, 0.1) is 29.1 Å². The van der Waals surface area contributed by atoms with Crippen LogP contribution in [0.2, 0.25) is 0 Å². The van der Waals surface area contributed by atoms with Crippen LogP contribution < -0.4 is 0 Å². The molecule has 4 heteroatoms. The molecular weight excluding hydrogens is 410 g/mol. The number of piperidine rings is 1. The molecular formula is C29H37NO3. The van der Waals surface area contributed by atoms with Gasteiger partial charge in [-0.3, -0.25) is 0 Å². The third-order valence-electron chi connectivity index (χ3n) is 9.19. The number of nitrogens with zero attached hydrogens (tertiary/aromatic N) is 1. The first-order chi connectivity index (χ1) is 15.9. The number of likely N-dealkylation sites (tertiary alicyclic amines) is 1. The van der Waals surface area contributed by atoms with Crippen molar-refractivity contribution in [2.75, 3.05) is 19.7 Å². The first-order valence-electron chi connectivity index (χ1n) is 12.7. The number of carbonyl (C=O) groups is 1. The first-order valence-corrected chi connectivity index (χ1v) is 12.7. The minimum absolute atomic E-state index is 0.0393. The number of rotatable bonds is 5. The van der Waals surface area contributed by atoms with E-state index >= 15 is 0 Å². The SMILES string of the molecule is CC1(C)C2CCC(COC(=O)N3CCC(C(O)(c4ccccc4)c4ccccc4)CC3)C1C2. The third kappa shape index (κ3) is 3.97. The van der Waals surface area contributed by atoms with Gasteiger partial charge in [0, 0.05) is 13.1 Å². The molecule has 2 bridgehead atoms. The summed E-state index contributed by atoms with van der Waals surface area (Å²) in [6, 6.07) is 19.9. The molecule has 1 N–H and O–H groups in total. The van der Waals surface area contributed by atoms with Crippen LogP contribution >= 0.6 is 0 Å². The molecule has 6 rings (SSSR count). The number of hydrogen-bond acceptors (Lipinski definition) is 3. The second kappa shape index (κ2) is 8.79. The third-order valence-corrected chi connectivity index (χ3v) is 9.19. The fourth-order valence-electron chi connectivity index (χ4n) is 6.93. The van der Waals surface area contributed by atoms with Crippen LogP contribution in [0.15, 0.2) is 60.7 Å². The second-order valence-corrected chi connectivity index (χ2v) is 11.0. The van der Waals surface area contributed by atoms with E-state index in [-0.39, 0.29) is 12.0 Å². The maximum atomic E-state index is 12.9. The summed E-state index contributed by atoms with van der Waals surface area (Å²) in [5, 5.41) is 12.0. The Morgan fingerprint density at radius 2 is 1.55 bits per heavy atom. The first kappa shape index (κ1) is 22.5. The second-order valence-electron chi connectivity index (χ2n) is 11.0. The predicted molar refractivity (Wildman–Crippen MR) is 130 cm³/mol. The maximum absolute atomic E-state index is 12.9. The number of ether oxygens (including phenoxy) is 1. The molecule has 3 saturated carbocycles. The van der Waals surface area contributed by atoms with Crippen LogP contribution in [0.4, 0.5) is 4.79 Å². The predicted octanol–water partition coefficient (Wildman–Crippen LogP) is 5.84. The molecule has 1 amide bonds. The molecule has 4 aliphatic rings. The Hall–Kier alpha value is -2.33. The van der Waals surface area contributed by atoms with Crippen LogP contribution in [0.1, 0.15) is 57.1 Å². The monoisotopic (exact) mass is 447 g/mol. The van der Waals surface area contributed by atoms with Gasteiger partial charge in [-0.2, -0.15) is 0 Å². The van der Waals surface area contributed by atoms with Gasteiger partial charge in [0.2, 0.25) is 0 Å². The van der Waals surface area contributed by atoms with Gasteiger partial charge in [-0.05, 0) is 72.3 Å². The molecule has 2 aromatic rings. The topological polar surface area (TPSA) is 49.8 Å². The van der Waals surface area contributed by atoms with Crippen molar-refractivity contribution >= 4 is 6.09 Å².